The lowest BCUT2D eigenvalue weighted by Gasteiger charge is -2.26. The summed E-state index contributed by atoms with van der Waals surface area (Å²) in [4.78, 5) is 24.4. The van der Waals surface area contributed by atoms with Crippen LogP contribution in [0.4, 0.5) is 19.3 Å². The molecule has 1 aromatic rings. The number of hydrogen-bond acceptors (Lipinski definition) is 2. The molecule has 0 atom stereocenters. The van der Waals surface area contributed by atoms with Crippen molar-refractivity contribution in [1.29, 1.82) is 0 Å². The van der Waals surface area contributed by atoms with Crippen LogP contribution in [-0.4, -0.2) is 34.6 Å². The van der Waals surface area contributed by atoms with Crippen LogP contribution in [0.25, 0.3) is 0 Å². The topological polar surface area (TPSA) is 69.6 Å². The van der Waals surface area contributed by atoms with E-state index < -0.39 is 29.2 Å². The smallest absolute Gasteiger partial charge is 0.338 e. The van der Waals surface area contributed by atoms with Gasteiger partial charge in [0.15, 0.2) is 0 Å². The van der Waals surface area contributed by atoms with Crippen molar-refractivity contribution in [3.8, 4) is 0 Å². The zero-order valence-electron chi connectivity index (χ0n) is 12.1. The number of nitrogens with one attached hydrogen (secondary N) is 1. The van der Waals surface area contributed by atoms with Crippen LogP contribution in [0.2, 0.25) is 0 Å². The predicted molar refractivity (Wildman–Crippen MR) is 74.5 cm³/mol. The standard InChI is InChI=1S/C14H18F2N2O3/c1-4-5-18(8(2)3)14(21)17-12-6-9(13(19)20)10(15)7-11(12)16/h6-8H,4-5H2,1-3H3,(H,17,21)(H,19,20). The number of aromatic carboxylic acids is 1. The van der Waals surface area contributed by atoms with E-state index in [9.17, 15) is 18.4 Å². The summed E-state index contributed by atoms with van der Waals surface area (Å²) in [5, 5.41) is 11.1. The van der Waals surface area contributed by atoms with Gasteiger partial charge in [-0.15, -0.1) is 0 Å². The number of rotatable bonds is 5. The Hall–Kier alpha value is -2.18. The first-order valence-corrected chi connectivity index (χ1v) is 6.57. The Bertz CT molecular complexity index is 547. The van der Waals surface area contributed by atoms with Crippen LogP contribution in [0.1, 0.15) is 37.6 Å². The van der Waals surface area contributed by atoms with Gasteiger partial charge in [0.2, 0.25) is 0 Å². The second-order valence-electron chi connectivity index (χ2n) is 4.83. The molecule has 0 heterocycles. The molecule has 0 radical (unpaired) electrons. The molecule has 116 valence electrons. The highest BCUT2D eigenvalue weighted by atomic mass is 19.1. The summed E-state index contributed by atoms with van der Waals surface area (Å²) in [6.45, 7) is 5.97. The van der Waals surface area contributed by atoms with Crippen molar-refractivity contribution in [2.75, 3.05) is 11.9 Å². The Balaban J connectivity index is 3.04. The summed E-state index contributed by atoms with van der Waals surface area (Å²) < 4.78 is 26.9. The minimum absolute atomic E-state index is 0.104. The van der Waals surface area contributed by atoms with E-state index >= 15 is 0 Å². The Morgan fingerprint density at radius 1 is 1.29 bits per heavy atom. The van der Waals surface area contributed by atoms with Gasteiger partial charge >= 0.3 is 12.0 Å². The fourth-order valence-corrected chi connectivity index (χ4v) is 1.83. The Kier molecular flexibility index (Phi) is 5.63. The highest BCUT2D eigenvalue weighted by molar-refractivity contribution is 5.93. The molecule has 0 unspecified atom stereocenters. The second-order valence-corrected chi connectivity index (χ2v) is 4.83. The molecule has 0 aliphatic carbocycles. The fraction of sp³-hybridized carbons (Fsp3) is 0.429. The molecule has 1 aromatic carbocycles. The zero-order valence-corrected chi connectivity index (χ0v) is 12.1. The van der Waals surface area contributed by atoms with Crippen LogP contribution in [0.5, 0.6) is 0 Å². The van der Waals surface area contributed by atoms with E-state index in [1.807, 2.05) is 6.92 Å². The normalized spacial score (nSPS) is 10.6. The van der Waals surface area contributed by atoms with Crippen molar-refractivity contribution in [2.24, 2.45) is 0 Å². The van der Waals surface area contributed by atoms with Gasteiger partial charge in [-0.25, -0.2) is 18.4 Å². The van der Waals surface area contributed by atoms with Crippen LogP contribution in [-0.2, 0) is 0 Å². The number of nitrogens with zero attached hydrogens (tertiary/aromatic N) is 1. The van der Waals surface area contributed by atoms with E-state index in [4.69, 9.17) is 5.11 Å². The van der Waals surface area contributed by atoms with Crippen molar-refractivity contribution in [2.45, 2.75) is 33.2 Å². The van der Waals surface area contributed by atoms with Gasteiger partial charge in [0, 0.05) is 18.7 Å². The van der Waals surface area contributed by atoms with Crippen molar-refractivity contribution >= 4 is 17.7 Å². The highest BCUT2D eigenvalue weighted by Crippen LogP contribution is 2.20. The molecule has 1 rings (SSSR count). The van der Waals surface area contributed by atoms with Crippen LogP contribution in [0, 0.1) is 11.6 Å². The first kappa shape index (κ1) is 16.9. The average Bonchev–Trinajstić information content (AvgIpc) is 2.38. The Morgan fingerprint density at radius 2 is 1.90 bits per heavy atom. The summed E-state index contributed by atoms with van der Waals surface area (Å²) in [6, 6.07) is 0.551. The third-order valence-electron chi connectivity index (χ3n) is 2.88. The quantitative estimate of drug-likeness (QED) is 0.876. The SMILES string of the molecule is CCCN(C(=O)Nc1cc(C(=O)O)c(F)cc1F)C(C)C. The zero-order chi connectivity index (χ0) is 16.2. The van der Waals surface area contributed by atoms with Gasteiger partial charge in [0.05, 0.1) is 11.3 Å². The maximum atomic E-state index is 13.6. The lowest BCUT2D eigenvalue weighted by molar-refractivity contribution is 0.0691. The number of amides is 2. The van der Waals surface area contributed by atoms with E-state index in [1.54, 1.807) is 13.8 Å². The molecule has 0 spiro atoms. The van der Waals surface area contributed by atoms with Crippen LogP contribution in [0.3, 0.4) is 0 Å². The second kappa shape index (κ2) is 7.01. The number of carbonyl (C=O) groups is 2. The third kappa shape index (κ3) is 4.14. The number of hydrogen-bond donors (Lipinski definition) is 2. The van der Waals surface area contributed by atoms with E-state index in [1.165, 1.54) is 4.90 Å². The molecule has 0 fully saturated rings. The summed E-state index contributed by atoms with van der Waals surface area (Å²) in [6.07, 6.45) is 0.720. The van der Waals surface area contributed by atoms with Gasteiger partial charge < -0.3 is 15.3 Å². The van der Waals surface area contributed by atoms with Gasteiger partial charge in [0.1, 0.15) is 11.6 Å². The van der Waals surface area contributed by atoms with Crippen molar-refractivity contribution in [3.05, 3.63) is 29.3 Å². The maximum Gasteiger partial charge on any atom is 0.338 e. The van der Waals surface area contributed by atoms with Gasteiger partial charge in [0.25, 0.3) is 0 Å². The molecule has 0 bridgehead atoms. The number of carboxylic acids is 1. The molecule has 0 saturated heterocycles. The van der Waals surface area contributed by atoms with E-state index in [0.717, 1.165) is 12.5 Å². The molecule has 5 nitrogen and oxygen atoms in total. The van der Waals surface area contributed by atoms with E-state index in [0.29, 0.717) is 12.6 Å². The molecule has 0 aliphatic heterocycles. The number of benzene rings is 1. The van der Waals surface area contributed by atoms with Gasteiger partial charge in [-0.05, 0) is 26.3 Å². The molecular weight excluding hydrogens is 282 g/mol. The minimum atomic E-state index is -1.53. The first-order valence-electron chi connectivity index (χ1n) is 6.57. The third-order valence-corrected chi connectivity index (χ3v) is 2.88. The van der Waals surface area contributed by atoms with Crippen molar-refractivity contribution in [3.63, 3.8) is 0 Å². The number of carboxylic acid groups (broad SMARTS) is 1. The summed E-state index contributed by atoms with van der Waals surface area (Å²) in [5.41, 5.74) is -1.06. The molecule has 0 aromatic heterocycles. The first-order chi connectivity index (χ1) is 9.77. The Morgan fingerprint density at radius 3 is 2.38 bits per heavy atom. The van der Waals surface area contributed by atoms with E-state index in [2.05, 4.69) is 5.32 Å². The molecule has 21 heavy (non-hydrogen) atoms. The van der Waals surface area contributed by atoms with Gasteiger partial charge in [-0.1, -0.05) is 6.92 Å². The lowest BCUT2D eigenvalue weighted by atomic mass is 10.2. The van der Waals surface area contributed by atoms with Crippen LogP contribution in [0.15, 0.2) is 12.1 Å². The van der Waals surface area contributed by atoms with Crippen molar-refractivity contribution in [1.82, 2.24) is 4.90 Å². The van der Waals surface area contributed by atoms with Gasteiger partial charge in [-0.3, -0.25) is 0 Å². The lowest BCUT2D eigenvalue weighted by Crippen LogP contribution is -2.40. The largest absolute Gasteiger partial charge is 0.478 e. The van der Waals surface area contributed by atoms with Crippen molar-refractivity contribution < 1.29 is 23.5 Å². The highest BCUT2D eigenvalue weighted by Gasteiger charge is 2.20. The average molecular weight is 300 g/mol. The van der Waals surface area contributed by atoms with Crippen LogP contribution >= 0.6 is 0 Å². The monoisotopic (exact) mass is 300 g/mol. The maximum absolute atomic E-state index is 13.6. The molecule has 7 heteroatoms. The fourth-order valence-electron chi connectivity index (χ4n) is 1.83. The summed E-state index contributed by atoms with van der Waals surface area (Å²) in [5.74, 6) is -3.74. The number of carbonyl (C=O) groups excluding carboxylic acids is 1. The summed E-state index contributed by atoms with van der Waals surface area (Å²) in [7, 11) is 0. The van der Waals surface area contributed by atoms with Gasteiger partial charge in [-0.2, -0.15) is 0 Å². The van der Waals surface area contributed by atoms with Crippen LogP contribution < -0.4 is 5.32 Å². The number of anilines is 1. The molecule has 0 saturated carbocycles. The molecular formula is C14H18F2N2O3. The minimum Gasteiger partial charge on any atom is -0.478 e. The number of halogens is 2. The molecule has 2 amide bonds. The molecule has 2 N–H and O–H groups in total. The summed E-state index contributed by atoms with van der Waals surface area (Å²) >= 11 is 0. The number of urea groups is 1. The Labute approximate surface area is 121 Å². The van der Waals surface area contributed by atoms with E-state index in [-0.39, 0.29) is 11.7 Å². The predicted octanol–water partition coefficient (Wildman–Crippen LogP) is 3.32. The molecule has 0 aliphatic rings.